The number of hydrogen-bond acceptors (Lipinski definition) is 7. The van der Waals surface area contributed by atoms with E-state index < -0.39 is 5.97 Å². The van der Waals surface area contributed by atoms with Crippen LogP contribution in [-0.4, -0.2) is 40.1 Å². The molecule has 1 aliphatic rings. The lowest BCUT2D eigenvalue weighted by atomic mass is 10.1. The van der Waals surface area contributed by atoms with Crippen LogP contribution in [0.2, 0.25) is 0 Å². The molecule has 0 fully saturated rings. The Bertz CT molecular complexity index is 804. The van der Waals surface area contributed by atoms with Crippen molar-refractivity contribution in [1.29, 1.82) is 0 Å². The lowest BCUT2D eigenvalue weighted by molar-refractivity contribution is 0.0558. The van der Waals surface area contributed by atoms with Crippen LogP contribution in [0.3, 0.4) is 0 Å². The number of aryl methyl sites for hydroxylation is 1. The quantitative estimate of drug-likeness (QED) is 0.473. The number of ether oxygens (including phenoxy) is 4. The van der Waals surface area contributed by atoms with E-state index in [0.717, 1.165) is 41.9 Å². The summed E-state index contributed by atoms with van der Waals surface area (Å²) in [6, 6.07) is 5.69. The molecule has 0 radical (unpaired) electrons. The normalized spacial score (nSPS) is 12.3. The highest BCUT2D eigenvalue weighted by molar-refractivity contribution is 9.10. The Morgan fingerprint density at radius 1 is 1.15 bits per heavy atom. The van der Waals surface area contributed by atoms with Crippen LogP contribution in [0.25, 0.3) is 0 Å². The first kappa shape index (κ1) is 19.6. The molecule has 1 N–H and O–H groups in total. The lowest BCUT2D eigenvalue weighted by Gasteiger charge is -2.07. The summed E-state index contributed by atoms with van der Waals surface area (Å²) in [5.74, 6) is 2.24. The summed E-state index contributed by atoms with van der Waals surface area (Å²) in [6.07, 6.45) is 2.45. The smallest absolute Gasteiger partial charge is 0.377 e. The number of halogens is 1. The maximum absolute atomic E-state index is 11.6. The van der Waals surface area contributed by atoms with Crippen molar-refractivity contribution in [2.75, 3.05) is 34.1 Å². The summed E-state index contributed by atoms with van der Waals surface area (Å²) in [6.45, 7) is 1.95. The molecule has 0 unspecified atom stereocenters. The van der Waals surface area contributed by atoms with Crippen molar-refractivity contribution in [1.82, 2.24) is 5.32 Å². The zero-order chi connectivity index (χ0) is 19.2. The molecule has 0 amide bonds. The van der Waals surface area contributed by atoms with Gasteiger partial charge in [-0.05, 0) is 43.6 Å². The number of hydrogen-bond donors (Lipinski definition) is 1. The van der Waals surface area contributed by atoms with Crippen LogP contribution >= 0.6 is 15.9 Å². The second kappa shape index (κ2) is 9.14. The van der Waals surface area contributed by atoms with Gasteiger partial charge in [-0.3, -0.25) is 0 Å². The summed E-state index contributed by atoms with van der Waals surface area (Å²) >= 11 is 3.57. The van der Waals surface area contributed by atoms with Gasteiger partial charge in [-0.1, -0.05) is 15.9 Å². The fraction of sp³-hybridized carbons (Fsp3) is 0.421. The molecular formula is C19H22BrNO6. The molecule has 1 aromatic carbocycles. The largest absolute Gasteiger partial charge is 0.492 e. The summed E-state index contributed by atoms with van der Waals surface area (Å²) in [5, 5.41) is 3.41. The minimum atomic E-state index is -0.537. The molecule has 2 heterocycles. The molecule has 3 rings (SSSR count). The number of rotatable bonds is 9. The lowest BCUT2D eigenvalue weighted by Crippen LogP contribution is -2.19. The maximum atomic E-state index is 11.6. The summed E-state index contributed by atoms with van der Waals surface area (Å²) in [4.78, 5) is 11.6. The van der Waals surface area contributed by atoms with Crippen LogP contribution in [0.5, 0.6) is 17.2 Å². The molecular weight excluding hydrogens is 418 g/mol. The van der Waals surface area contributed by atoms with E-state index in [9.17, 15) is 4.79 Å². The average molecular weight is 440 g/mol. The van der Waals surface area contributed by atoms with Gasteiger partial charge in [0, 0.05) is 17.0 Å². The topological polar surface area (TPSA) is 79.2 Å². The van der Waals surface area contributed by atoms with Crippen molar-refractivity contribution in [2.24, 2.45) is 0 Å². The van der Waals surface area contributed by atoms with E-state index >= 15 is 0 Å². The van der Waals surface area contributed by atoms with E-state index in [0.29, 0.717) is 17.9 Å². The molecule has 27 heavy (non-hydrogen) atoms. The van der Waals surface area contributed by atoms with Crippen LogP contribution in [0.1, 0.15) is 28.3 Å². The molecule has 0 spiro atoms. The number of methoxy groups -OCH3 is 2. The highest BCUT2D eigenvalue weighted by Gasteiger charge is 2.19. The Morgan fingerprint density at radius 3 is 2.67 bits per heavy atom. The number of fused-ring (bicyclic) bond motifs is 1. The van der Waals surface area contributed by atoms with Crippen molar-refractivity contribution in [2.45, 2.75) is 19.3 Å². The van der Waals surface area contributed by atoms with Gasteiger partial charge in [-0.15, -0.1) is 0 Å². The number of furan rings is 1. The van der Waals surface area contributed by atoms with Gasteiger partial charge >= 0.3 is 5.97 Å². The molecule has 0 saturated carbocycles. The van der Waals surface area contributed by atoms with Gasteiger partial charge in [0.15, 0.2) is 17.2 Å². The SMILES string of the molecule is COC(=O)c1oc(CCCNCCc2cc3c(cc2Br)OCO3)cc1OC. The summed E-state index contributed by atoms with van der Waals surface area (Å²) < 4.78 is 27.2. The molecule has 7 nitrogen and oxygen atoms in total. The van der Waals surface area contributed by atoms with Crippen molar-refractivity contribution in [3.8, 4) is 17.2 Å². The third-order valence-electron chi connectivity index (χ3n) is 4.23. The Hall–Kier alpha value is -2.19. The fourth-order valence-electron chi connectivity index (χ4n) is 2.82. The highest BCUT2D eigenvalue weighted by atomic mass is 79.9. The first-order valence-corrected chi connectivity index (χ1v) is 9.45. The highest BCUT2D eigenvalue weighted by Crippen LogP contribution is 2.37. The number of carbonyl (C=O) groups is 1. The fourth-order valence-corrected chi connectivity index (χ4v) is 3.34. The number of nitrogens with one attached hydrogen (secondary N) is 1. The third-order valence-corrected chi connectivity index (χ3v) is 4.97. The van der Waals surface area contributed by atoms with Crippen molar-refractivity contribution >= 4 is 21.9 Å². The van der Waals surface area contributed by atoms with E-state index in [1.54, 1.807) is 6.07 Å². The minimum Gasteiger partial charge on any atom is -0.492 e. The molecule has 1 aliphatic heterocycles. The van der Waals surface area contributed by atoms with Crippen LogP contribution in [0.15, 0.2) is 27.1 Å². The molecule has 8 heteroatoms. The third kappa shape index (κ3) is 4.75. The van der Waals surface area contributed by atoms with Gasteiger partial charge in [0.2, 0.25) is 6.79 Å². The standard InChI is InChI=1S/C19H22BrNO6/c1-23-17-9-13(27-18(17)19(22)24-2)4-3-6-21-7-5-12-8-15-16(10-14(12)20)26-11-25-15/h8-10,21H,3-7,11H2,1-2H3. The van der Waals surface area contributed by atoms with Crippen LogP contribution in [0, 0.1) is 0 Å². The van der Waals surface area contributed by atoms with Crippen LogP contribution < -0.4 is 19.5 Å². The molecule has 146 valence electrons. The molecule has 2 aromatic rings. The second-order valence-electron chi connectivity index (χ2n) is 6.00. The Labute approximate surface area is 166 Å². The van der Waals surface area contributed by atoms with E-state index in [1.807, 2.05) is 12.1 Å². The Morgan fingerprint density at radius 2 is 1.93 bits per heavy atom. The maximum Gasteiger partial charge on any atom is 0.377 e. The Kier molecular flexibility index (Phi) is 6.63. The van der Waals surface area contributed by atoms with Gasteiger partial charge in [-0.25, -0.2) is 4.79 Å². The van der Waals surface area contributed by atoms with Gasteiger partial charge < -0.3 is 28.7 Å². The van der Waals surface area contributed by atoms with Crippen molar-refractivity contribution in [3.63, 3.8) is 0 Å². The van der Waals surface area contributed by atoms with Gasteiger partial charge in [0.1, 0.15) is 5.76 Å². The van der Waals surface area contributed by atoms with Gasteiger partial charge in [0.05, 0.1) is 14.2 Å². The van der Waals surface area contributed by atoms with E-state index in [-0.39, 0.29) is 12.6 Å². The first-order chi connectivity index (χ1) is 13.1. The Balaban J connectivity index is 1.41. The van der Waals surface area contributed by atoms with E-state index in [2.05, 4.69) is 26.0 Å². The van der Waals surface area contributed by atoms with Gasteiger partial charge in [0.25, 0.3) is 5.76 Å². The zero-order valence-corrected chi connectivity index (χ0v) is 16.9. The van der Waals surface area contributed by atoms with Crippen molar-refractivity contribution in [3.05, 3.63) is 39.8 Å². The predicted molar refractivity (Wildman–Crippen MR) is 102 cm³/mol. The van der Waals surface area contributed by atoms with Crippen LogP contribution in [0.4, 0.5) is 0 Å². The summed E-state index contributed by atoms with van der Waals surface area (Å²) in [7, 11) is 2.81. The van der Waals surface area contributed by atoms with Crippen LogP contribution in [-0.2, 0) is 17.6 Å². The van der Waals surface area contributed by atoms with Crippen molar-refractivity contribution < 1.29 is 28.2 Å². The first-order valence-electron chi connectivity index (χ1n) is 8.66. The number of benzene rings is 1. The molecule has 0 saturated heterocycles. The zero-order valence-electron chi connectivity index (χ0n) is 15.3. The predicted octanol–water partition coefficient (Wildman–Crippen LogP) is 3.33. The monoisotopic (exact) mass is 439 g/mol. The molecule has 0 bridgehead atoms. The second-order valence-corrected chi connectivity index (χ2v) is 6.86. The number of carbonyl (C=O) groups excluding carboxylic acids is 1. The van der Waals surface area contributed by atoms with E-state index in [4.69, 9.17) is 18.6 Å². The summed E-state index contributed by atoms with van der Waals surface area (Å²) in [5.41, 5.74) is 1.17. The molecule has 1 aromatic heterocycles. The van der Waals surface area contributed by atoms with Gasteiger partial charge in [-0.2, -0.15) is 0 Å². The average Bonchev–Trinajstić information content (AvgIpc) is 3.29. The number of esters is 1. The molecule has 0 aliphatic carbocycles. The van der Waals surface area contributed by atoms with E-state index in [1.165, 1.54) is 19.8 Å². The minimum absolute atomic E-state index is 0.107. The molecule has 0 atom stereocenters.